The van der Waals surface area contributed by atoms with E-state index in [4.69, 9.17) is 10.8 Å². The van der Waals surface area contributed by atoms with Gasteiger partial charge in [0.2, 0.25) is 5.91 Å². The van der Waals surface area contributed by atoms with Gasteiger partial charge in [-0.15, -0.1) is 12.3 Å². The van der Waals surface area contributed by atoms with E-state index in [1.54, 1.807) is 4.90 Å². The van der Waals surface area contributed by atoms with Crippen LogP contribution in [-0.2, 0) is 11.3 Å². The molecule has 90 valence electrons. The second-order valence-corrected chi connectivity index (χ2v) is 4.59. The minimum absolute atomic E-state index is 0.0434. The number of carbonyl (C=O) groups excluding carboxylic acids is 1. The number of nitrogens with zero attached hydrogens (tertiary/aromatic N) is 1. The second-order valence-electron chi connectivity index (χ2n) is 4.59. The van der Waals surface area contributed by atoms with Crippen molar-refractivity contribution in [1.29, 1.82) is 0 Å². The molecule has 1 atom stereocenters. The van der Waals surface area contributed by atoms with Crippen molar-refractivity contribution in [1.82, 2.24) is 4.90 Å². The molecule has 1 amide bonds. The van der Waals surface area contributed by atoms with Gasteiger partial charge in [0, 0.05) is 24.3 Å². The summed E-state index contributed by atoms with van der Waals surface area (Å²) in [5, 5.41) is 1.06. The van der Waals surface area contributed by atoms with Gasteiger partial charge in [-0.05, 0) is 12.1 Å². The van der Waals surface area contributed by atoms with Crippen molar-refractivity contribution in [2.75, 3.05) is 6.54 Å². The van der Waals surface area contributed by atoms with E-state index in [0.717, 1.165) is 16.7 Å². The third kappa shape index (κ3) is 1.86. The number of furan rings is 1. The maximum absolute atomic E-state index is 11.8. The van der Waals surface area contributed by atoms with Crippen LogP contribution in [0.25, 0.3) is 11.0 Å². The molecule has 3 rings (SSSR count). The van der Waals surface area contributed by atoms with Crippen LogP contribution >= 0.6 is 0 Å². The number of benzene rings is 1. The predicted octanol–water partition coefficient (Wildman–Crippen LogP) is 2.41. The number of carbonyl (C=O) groups is 1. The summed E-state index contributed by atoms with van der Waals surface area (Å²) < 4.78 is 5.70. The molecule has 3 nitrogen and oxygen atoms in total. The van der Waals surface area contributed by atoms with Crippen molar-refractivity contribution in [3.63, 3.8) is 0 Å². The highest BCUT2D eigenvalue weighted by Gasteiger charge is 2.28. The van der Waals surface area contributed by atoms with Crippen molar-refractivity contribution in [3.8, 4) is 12.3 Å². The van der Waals surface area contributed by atoms with Gasteiger partial charge in [-0.3, -0.25) is 4.79 Å². The predicted molar refractivity (Wildman–Crippen MR) is 68.6 cm³/mol. The number of para-hydroxylation sites is 1. The van der Waals surface area contributed by atoms with Crippen LogP contribution in [0.1, 0.15) is 12.2 Å². The zero-order chi connectivity index (χ0) is 12.5. The molecule has 2 heterocycles. The van der Waals surface area contributed by atoms with Crippen LogP contribution in [0.3, 0.4) is 0 Å². The van der Waals surface area contributed by atoms with Crippen molar-refractivity contribution in [2.45, 2.75) is 13.0 Å². The molecule has 0 spiro atoms. The highest BCUT2D eigenvalue weighted by Crippen LogP contribution is 2.23. The van der Waals surface area contributed by atoms with Crippen LogP contribution in [0.15, 0.2) is 34.7 Å². The molecule has 1 aliphatic heterocycles. The fourth-order valence-corrected chi connectivity index (χ4v) is 2.34. The summed E-state index contributed by atoms with van der Waals surface area (Å²) in [5.74, 6) is 3.60. The lowest BCUT2D eigenvalue weighted by Crippen LogP contribution is -2.24. The molecule has 1 aromatic carbocycles. The van der Waals surface area contributed by atoms with E-state index < -0.39 is 0 Å². The van der Waals surface area contributed by atoms with Crippen LogP contribution in [0.4, 0.5) is 0 Å². The lowest BCUT2D eigenvalue weighted by Gasteiger charge is -2.13. The van der Waals surface area contributed by atoms with E-state index in [2.05, 4.69) is 5.92 Å². The SMILES string of the molecule is C#CC1CC(=O)N(Cc2cc3ccccc3o2)C1. The van der Waals surface area contributed by atoms with Crippen molar-refractivity contribution in [2.24, 2.45) is 5.92 Å². The number of rotatable bonds is 2. The highest BCUT2D eigenvalue weighted by atomic mass is 16.3. The number of amides is 1. The Hall–Kier alpha value is -2.21. The van der Waals surface area contributed by atoms with Crippen LogP contribution in [0, 0.1) is 18.3 Å². The zero-order valence-electron chi connectivity index (χ0n) is 9.93. The molecule has 1 saturated heterocycles. The Kier molecular flexibility index (Phi) is 2.56. The molecule has 1 aromatic heterocycles. The average molecular weight is 239 g/mol. The lowest BCUT2D eigenvalue weighted by molar-refractivity contribution is -0.128. The fraction of sp³-hybridized carbons (Fsp3) is 0.267. The molecule has 0 radical (unpaired) electrons. The smallest absolute Gasteiger partial charge is 0.224 e. The summed E-state index contributed by atoms with van der Waals surface area (Å²) in [5.41, 5.74) is 0.854. The molecule has 18 heavy (non-hydrogen) atoms. The number of terminal acetylenes is 1. The maximum atomic E-state index is 11.8. The molecule has 3 heteroatoms. The summed E-state index contributed by atoms with van der Waals surface area (Å²) in [4.78, 5) is 13.5. The Labute approximate surface area is 105 Å². The normalized spacial score (nSPS) is 19.4. The summed E-state index contributed by atoms with van der Waals surface area (Å²) >= 11 is 0. The van der Waals surface area contributed by atoms with E-state index in [0.29, 0.717) is 19.5 Å². The van der Waals surface area contributed by atoms with Gasteiger partial charge in [0.15, 0.2) is 0 Å². The van der Waals surface area contributed by atoms with Crippen LogP contribution in [0.2, 0.25) is 0 Å². The Bertz CT molecular complexity index is 602. The van der Waals surface area contributed by atoms with Gasteiger partial charge < -0.3 is 9.32 Å². The van der Waals surface area contributed by atoms with Gasteiger partial charge in [0.1, 0.15) is 11.3 Å². The molecule has 1 fully saturated rings. The van der Waals surface area contributed by atoms with Crippen LogP contribution < -0.4 is 0 Å². The molecule has 1 aliphatic rings. The van der Waals surface area contributed by atoms with E-state index in [1.807, 2.05) is 30.3 Å². The molecule has 0 N–H and O–H groups in total. The van der Waals surface area contributed by atoms with E-state index in [9.17, 15) is 4.79 Å². The van der Waals surface area contributed by atoms with Gasteiger partial charge in [-0.1, -0.05) is 18.2 Å². The third-order valence-electron chi connectivity index (χ3n) is 3.27. The maximum Gasteiger partial charge on any atom is 0.224 e. The Morgan fingerprint density at radius 3 is 3.00 bits per heavy atom. The molecule has 0 bridgehead atoms. The van der Waals surface area contributed by atoms with Crippen LogP contribution in [0.5, 0.6) is 0 Å². The largest absolute Gasteiger partial charge is 0.459 e. The van der Waals surface area contributed by atoms with Gasteiger partial charge in [-0.2, -0.15) is 0 Å². The first-order valence-electron chi connectivity index (χ1n) is 5.97. The minimum Gasteiger partial charge on any atom is -0.459 e. The zero-order valence-corrected chi connectivity index (χ0v) is 9.93. The van der Waals surface area contributed by atoms with Crippen molar-refractivity contribution < 1.29 is 9.21 Å². The molecule has 0 saturated carbocycles. The van der Waals surface area contributed by atoms with E-state index >= 15 is 0 Å². The topological polar surface area (TPSA) is 33.5 Å². The standard InChI is InChI=1S/C15H13NO2/c1-2-11-7-15(17)16(9-11)10-13-8-12-5-3-4-6-14(12)18-13/h1,3-6,8,11H,7,9-10H2. The fourth-order valence-electron chi connectivity index (χ4n) is 2.34. The van der Waals surface area contributed by atoms with E-state index in [-0.39, 0.29) is 11.8 Å². The Morgan fingerprint density at radius 2 is 2.28 bits per heavy atom. The van der Waals surface area contributed by atoms with Crippen molar-refractivity contribution in [3.05, 3.63) is 36.1 Å². The summed E-state index contributed by atoms with van der Waals surface area (Å²) in [6.07, 6.45) is 5.82. The number of hydrogen-bond acceptors (Lipinski definition) is 2. The van der Waals surface area contributed by atoms with Gasteiger partial charge >= 0.3 is 0 Å². The summed E-state index contributed by atoms with van der Waals surface area (Å²) in [6, 6.07) is 9.81. The van der Waals surface area contributed by atoms with Crippen molar-refractivity contribution >= 4 is 16.9 Å². The first-order valence-corrected chi connectivity index (χ1v) is 5.97. The molecular formula is C15H13NO2. The van der Waals surface area contributed by atoms with Crippen LogP contribution in [-0.4, -0.2) is 17.4 Å². The monoisotopic (exact) mass is 239 g/mol. The van der Waals surface area contributed by atoms with E-state index in [1.165, 1.54) is 0 Å². The quantitative estimate of drug-likeness (QED) is 0.754. The second kappa shape index (κ2) is 4.23. The third-order valence-corrected chi connectivity index (χ3v) is 3.27. The van der Waals surface area contributed by atoms with Gasteiger partial charge in [0.05, 0.1) is 6.54 Å². The van der Waals surface area contributed by atoms with Gasteiger partial charge in [-0.25, -0.2) is 0 Å². The molecular weight excluding hydrogens is 226 g/mol. The number of likely N-dealkylation sites (tertiary alicyclic amines) is 1. The first-order chi connectivity index (χ1) is 8.76. The Balaban J connectivity index is 1.81. The summed E-state index contributed by atoms with van der Waals surface area (Å²) in [6.45, 7) is 1.14. The first kappa shape index (κ1) is 10.9. The number of hydrogen-bond donors (Lipinski definition) is 0. The highest BCUT2D eigenvalue weighted by molar-refractivity contribution is 5.80. The minimum atomic E-state index is 0.0434. The lowest BCUT2D eigenvalue weighted by atomic mass is 10.1. The molecule has 1 unspecified atom stereocenters. The van der Waals surface area contributed by atoms with Gasteiger partial charge in [0.25, 0.3) is 0 Å². The molecule has 2 aromatic rings. The summed E-state index contributed by atoms with van der Waals surface area (Å²) in [7, 11) is 0. The Morgan fingerprint density at radius 1 is 1.44 bits per heavy atom. The molecule has 0 aliphatic carbocycles. The average Bonchev–Trinajstić information content (AvgIpc) is 2.93. The number of fused-ring (bicyclic) bond motifs is 1.